The summed E-state index contributed by atoms with van der Waals surface area (Å²) >= 11 is 0. The molecular weight excluding hydrogens is 274 g/mol. The summed E-state index contributed by atoms with van der Waals surface area (Å²) in [7, 11) is -1.52. The number of rotatable bonds is 9. The van der Waals surface area contributed by atoms with Crippen LogP contribution in [0.3, 0.4) is 0 Å². The second-order valence-electron chi connectivity index (χ2n) is 4.82. The number of hydrogen-bond donors (Lipinski definition) is 1. The van der Waals surface area contributed by atoms with Gasteiger partial charge in [-0.2, -0.15) is 0 Å². The van der Waals surface area contributed by atoms with Crippen LogP contribution in [0.1, 0.15) is 25.8 Å². The molecule has 0 aromatic heterocycles. The fraction of sp³-hybridized carbons (Fsp3) is 0.600. The molecule has 0 amide bonds. The van der Waals surface area contributed by atoms with Gasteiger partial charge in [0, 0.05) is 13.2 Å². The van der Waals surface area contributed by atoms with Crippen LogP contribution >= 0.6 is 0 Å². The van der Waals surface area contributed by atoms with Gasteiger partial charge in [0.05, 0.1) is 17.3 Å². The standard InChI is InChI=1S/C15H25NO3S/c1-4-10-16-14(12-19-3)11-13-8-6-7-9-15(13)20(17,18)5-2/h6-9,14,16H,4-5,10-12H2,1-3H3. The van der Waals surface area contributed by atoms with Crippen molar-refractivity contribution in [2.75, 3.05) is 26.0 Å². The van der Waals surface area contributed by atoms with Gasteiger partial charge in [-0.15, -0.1) is 0 Å². The molecule has 1 atom stereocenters. The molecule has 0 aliphatic rings. The van der Waals surface area contributed by atoms with Gasteiger partial charge in [-0.25, -0.2) is 8.42 Å². The third-order valence-electron chi connectivity index (χ3n) is 3.20. The molecule has 0 radical (unpaired) electrons. The number of ether oxygens (including phenoxy) is 1. The molecule has 0 saturated heterocycles. The first-order valence-electron chi connectivity index (χ1n) is 7.08. The third-order valence-corrected chi connectivity index (χ3v) is 5.03. The molecule has 1 N–H and O–H groups in total. The maximum Gasteiger partial charge on any atom is 0.178 e. The maximum atomic E-state index is 12.1. The maximum absolute atomic E-state index is 12.1. The minimum atomic E-state index is -3.18. The lowest BCUT2D eigenvalue weighted by Crippen LogP contribution is -2.36. The van der Waals surface area contributed by atoms with Gasteiger partial charge < -0.3 is 10.1 Å². The Kier molecular flexibility index (Phi) is 7.19. The highest BCUT2D eigenvalue weighted by atomic mass is 32.2. The van der Waals surface area contributed by atoms with E-state index < -0.39 is 9.84 Å². The van der Waals surface area contributed by atoms with Crippen molar-refractivity contribution in [1.29, 1.82) is 0 Å². The molecule has 5 heteroatoms. The van der Waals surface area contributed by atoms with Crippen LogP contribution in [0.25, 0.3) is 0 Å². The fourth-order valence-electron chi connectivity index (χ4n) is 2.14. The van der Waals surface area contributed by atoms with E-state index in [1.807, 2.05) is 12.1 Å². The Labute approximate surface area is 122 Å². The van der Waals surface area contributed by atoms with Gasteiger partial charge in [0.2, 0.25) is 0 Å². The molecule has 0 spiro atoms. The van der Waals surface area contributed by atoms with Crippen LogP contribution in [0.5, 0.6) is 0 Å². The summed E-state index contributed by atoms with van der Waals surface area (Å²) in [6.07, 6.45) is 1.69. The van der Waals surface area contributed by atoms with Gasteiger partial charge in [-0.05, 0) is 31.0 Å². The Morgan fingerprint density at radius 2 is 1.95 bits per heavy atom. The monoisotopic (exact) mass is 299 g/mol. The lowest BCUT2D eigenvalue weighted by molar-refractivity contribution is 0.166. The van der Waals surface area contributed by atoms with Gasteiger partial charge >= 0.3 is 0 Å². The van der Waals surface area contributed by atoms with Crippen LogP contribution in [0.2, 0.25) is 0 Å². The Morgan fingerprint density at radius 3 is 2.55 bits per heavy atom. The highest BCUT2D eigenvalue weighted by Crippen LogP contribution is 2.18. The molecule has 114 valence electrons. The largest absolute Gasteiger partial charge is 0.383 e. The summed E-state index contributed by atoms with van der Waals surface area (Å²) in [5.74, 6) is 0.126. The molecule has 1 unspecified atom stereocenters. The molecule has 20 heavy (non-hydrogen) atoms. The number of hydrogen-bond acceptors (Lipinski definition) is 4. The zero-order chi connectivity index (χ0) is 15.0. The molecule has 0 heterocycles. The van der Waals surface area contributed by atoms with Crippen molar-refractivity contribution in [2.24, 2.45) is 0 Å². The van der Waals surface area contributed by atoms with Gasteiger partial charge in [0.1, 0.15) is 0 Å². The van der Waals surface area contributed by atoms with E-state index in [1.54, 1.807) is 26.2 Å². The summed E-state index contributed by atoms with van der Waals surface area (Å²) < 4.78 is 29.5. The predicted molar refractivity (Wildman–Crippen MR) is 81.8 cm³/mol. The first kappa shape index (κ1) is 17.1. The van der Waals surface area contributed by atoms with E-state index in [1.165, 1.54) is 0 Å². The quantitative estimate of drug-likeness (QED) is 0.758. The van der Waals surface area contributed by atoms with Crippen LogP contribution in [0.4, 0.5) is 0 Å². The molecule has 4 nitrogen and oxygen atoms in total. The molecule has 1 rings (SSSR count). The second-order valence-corrected chi connectivity index (χ2v) is 7.07. The average molecular weight is 299 g/mol. The van der Waals surface area contributed by atoms with E-state index in [4.69, 9.17) is 4.74 Å². The van der Waals surface area contributed by atoms with Gasteiger partial charge in [0.15, 0.2) is 9.84 Å². The third kappa shape index (κ3) is 4.89. The highest BCUT2D eigenvalue weighted by molar-refractivity contribution is 7.91. The second kappa shape index (κ2) is 8.39. The molecule has 0 aliphatic heterocycles. The van der Waals surface area contributed by atoms with Crippen molar-refractivity contribution >= 4 is 9.84 Å². The molecule has 0 aliphatic carbocycles. The predicted octanol–water partition coefficient (Wildman–Crippen LogP) is 2.04. The number of benzene rings is 1. The smallest absolute Gasteiger partial charge is 0.178 e. The van der Waals surface area contributed by atoms with Crippen molar-refractivity contribution < 1.29 is 13.2 Å². The number of sulfone groups is 1. The molecule has 0 bridgehead atoms. The minimum Gasteiger partial charge on any atom is -0.383 e. The van der Waals surface area contributed by atoms with Crippen molar-refractivity contribution in [1.82, 2.24) is 5.32 Å². The van der Waals surface area contributed by atoms with Crippen LogP contribution in [-0.2, 0) is 21.0 Å². The van der Waals surface area contributed by atoms with E-state index >= 15 is 0 Å². The van der Waals surface area contributed by atoms with Crippen molar-refractivity contribution in [3.8, 4) is 0 Å². The zero-order valence-electron chi connectivity index (χ0n) is 12.6. The molecule has 0 fully saturated rings. The Bertz CT molecular complexity index is 500. The van der Waals surface area contributed by atoms with Crippen molar-refractivity contribution in [3.63, 3.8) is 0 Å². The topological polar surface area (TPSA) is 55.4 Å². The van der Waals surface area contributed by atoms with Crippen LogP contribution in [0.15, 0.2) is 29.2 Å². The van der Waals surface area contributed by atoms with E-state index in [2.05, 4.69) is 12.2 Å². The molecule has 0 saturated carbocycles. The summed E-state index contributed by atoms with van der Waals surface area (Å²) in [6.45, 7) is 5.25. The van der Waals surface area contributed by atoms with E-state index in [0.717, 1.165) is 18.5 Å². The number of nitrogens with one attached hydrogen (secondary N) is 1. The normalized spacial score (nSPS) is 13.3. The minimum absolute atomic E-state index is 0.126. The lowest BCUT2D eigenvalue weighted by atomic mass is 10.1. The van der Waals surface area contributed by atoms with E-state index in [-0.39, 0.29) is 11.8 Å². The summed E-state index contributed by atoms with van der Waals surface area (Å²) in [6, 6.07) is 7.37. The molecule has 1 aromatic rings. The highest BCUT2D eigenvalue weighted by Gasteiger charge is 2.18. The molecular formula is C15H25NO3S. The summed E-state index contributed by atoms with van der Waals surface area (Å²) in [5.41, 5.74) is 0.861. The van der Waals surface area contributed by atoms with Gasteiger partial charge in [-0.3, -0.25) is 0 Å². The van der Waals surface area contributed by atoms with Crippen molar-refractivity contribution in [2.45, 2.75) is 37.6 Å². The van der Waals surface area contributed by atoms with Crippen molar-refractivity contribution in [3.05, 3.63) is 29.8 Å². The fourth-order valence-corrected chi connectivity index (χ4v) is 3.28. The molecule has 1 aromatic carbocycles. The van der Waals surface area contributed by atoms with Crippen LogP contribution in [-0.4, -0.2) is 40.5 Å². The Balaban J connectivity index is 2.95. The number of methoxy groups -OCH3 is 1. The van der Waals surface area contributed by atoms with E-state index in [0.29, 0.717) is 17.9 Å². The van der Waals surface area contributed by atoms with Gasteiger partial charge in [-0.1, -0.05) is 32.0 Å². The SMILES string of the molecule is CCCNC(COC)Cc1ccccc1S(=O)(=O)CC. The summed E-state index contributed by atoms with van der Waals surface area (Å²) in [4.78, 5) is 0.446. The van der Waals surface area contributed by atoms with Gasteiger partial charge in [0.25, 0.3) is 0 Å². The first-order chi connectivity index (χ1) is 9.55. The van der Waals surface area contributed by atoms with E-state index in [9.17, 15) is 8.42 Å². The Hall–Kier alpha value is -0.910. The van der Waals surface area contributed by atoms with Crippen LogP contribution in [0, 0.1) is 0 Å². The Morgan fingerprint density at radius 1 is 1.25 bits per heavy atom. The first-order valence-corrected chi connectivity index (χ1v) is 8.73. The van der Waals surface area contributed by atoms with Crippen LogP contribution < -0.4 is 5.32 Å². The summed E-state index contributed by atoms with van der Waals surface area (Å²) in [5, 5.41) is 3.40. The zero-order valence-corrected chi connectivity index (χ0v) is 13.4. The lowest BCUT2D eigenvalue weighted by Gasteiger charge is -2.19. The average Bonchev–Trinajstić information content (AvgIpc) is 2.45.